The van der Waals surface area contributed by atoms with Crippen LogP contribution in [0.3, 0.4) is 0 Å². The third kappa shape index (κ3) is 9.05. The molecule has 0 heterocycles. The Kier molecular flexibility index (Phi) is 10.3. The molecule has 0 aliphatic rings. The second kappa shape index (κ2) is 12.2. The maximum atomic E-state index is 12.3. The Morgan fingerprint density at radius 1 is 0.969 bits per heavy atom. The number of hydrogen-bond acceptors (Lipinski definition) is 9. The highest BCUT2D eigenvalue weighted by atomic mass is 16.6. The molecular weight excluding hydrogens is 418 g/mol. The first-order chi connectivity index (χ1) is 14.9. The number of hydrogen-bond donors (Lipinski definition) is 1. The van der Waals surface area contributed by atoms with E-state index in [1.165, 1.54) is 12.1 Å². The zero-order valence-corrected chi connectivity index (χ0v) is 19.6. The highest BCUT2D eigenvalue weighted by molar-refractivity contribution is 5.77. The molecule has 0 unspecified atom stereocenters. The summed E-state index contributed by atoms with van der Waals surface area (Å²) in [6.45, 7) is 9.97. The van der Waals surface area contributed by atoms with E-state index < -0.39 is 41.4 Å². The average Bonchev–Trinajstić information content (AvgIpc) is 2.72. The van der Waals surface area contributed by atoms with Gasteiger partial charge in [0.05, 0.1) is 5.41 Å². The van der Waals surface area contributed by atoms with Gasteiger partial charge in [0.2, 0.25) is 0 Å². The van der Waals surface area contributed by atoms with Gasteiger partial charge in [0.1, 0.15) is 18.8 Å². The summed E-state index contributed by atoms with van der Waals surface area (Å²) in [5.41, 5.74) is 5.89. The van der Waals surface area contributed by atoms with E-state index in [2.05, 4.69) is 0 Å². The standard InChI is InChI=1S/C23H33NO8/c1-7-19(25)31-17-10-9-15(12-18(17)32-20(26)8-2)11-16(24)21(27)30-14(3)13-29-22(28)23(4,5)6/h9-10,12,14,16H,7-8,11,13,24H2,1-6H3/t14-,16-/m0/s1. The van der Waals surface area contributed by atoms with Crippen molar-refractivity contribution in [3.05, 3.63) is 23.8 Å². The van der Waals surface area contributed by atoms with Gasteiger partial charge in [-0.2, -0.15) is 0 Å². The molecule has 178 valence electrons. The van der Waals surface area contributed by atoms with E-state index >= 15 is 0 Å². The van der Waals surface area contributed by atoms with E-state index in [9.17, 15) is 19.2 Å². The smallest absolute Gasteiger partial charge is 0.323 e. The van der Waals surface area contributed by atoms with Crippen LogP contribution in [0, 0.1) is 5.41 Å². The predicted molar refractivity (Wildman–Crippen MR) is 116 cm³/mol. The number of benzene rings is 1. The fourth-order valence-electron chi connectivity index (χ4n) is 2.30. The first kappa shape index (κ1) is 27.1. The third-order valence-corrected chi connectivity index (χ3v) is 4.17. The number of ether oxygens (including phenoxy) is 4. The Bertz CT molecular complexity index is 828. The minimum atomic E-state index is -1.01. The summed E-state index contributed by atoms with van der Waals surface area (Å²) in [5.74, 6) is -1.88. The van der Waals surface area contributed by atoms with Crippen LogP contribution in [0.5, 0.6) is 11.5 Å². The summed E-state index contributed by atoms with van der Waals surface area (Å²) in [6.07, 6.45) is -0.291. The van der Waals surface area contributed by atoms with Gasteiger partial charge in [-0.25, -0.2) is 0 Å². The first-order valence-electron chi connectivity index (χ1n) is 10.5. The minimum Gasteiger partial charge on any atom is -0.461 e. The molecule has 1 rings (SSSR count). The first-order valence-corrected chi connectivity index (χ1v) is 10.5. The molecule has 9 nitrogen and oxygen atoms in total. The van der Waals surface area contributed by atoms with E-state index in [0.717, 1.165) is 0 Å². The fourth-order valence-corrected chi connectivity index (χ4v) is 2.30. The van der Waals surface area contributed by atoms with Gasteiger partial charge < -0.3 is 24.7 Å². The SMILES string of the molecule is CCC(=O)Oc1ccc(C[C@H](N)C(=O)O[C@@H](C)COC(=O)C(C)(C)C)cc1OC(=O)CC. The van der Waals surface area contributed by atoms with Gasteiger partial charge in [-0.1, -0.05) is 19.9 Å². The number of carbonyl (C=O) groups excluding carboxylic acids is 4. The van der Waals surface area contributed by atoms with Gasteiger partial charge in [0.25, 0.3) is 0 Å². The molecule has 9 heteroatoms. The molecule has 1 aromatic carbocycles. The molecule has 0 bridgehead atoms. The number of nitrogens with two attached hydrogens (primary N) is 1. The molecule has 0 saturated carbocycles. The number of esters is 4. The molecule has 2 N–H and O–H groups in total. The summed E-state index contributed by atoms with van der Waals surface area (Å²) in [6, 6.07) is 3.58. The molecule has 0 aliphatic heterocycles. The maximum absolute atomic E-state index is 12.3. The van der Waals surface area contributed by atoms with Crippen molar-refractivity contribution >= 4 is 23.9 Å². The van der Waals surface area contributed by atoms with Crippen LogP contribution in [0.2, 0.25) is 0 Å². The van der Waals surface area contributed by atoms with Crippen molar-refractivity contribution in [3.63, 3.8) is 0 Å². The van der Waals surface area contributed by atoms with Crippen LogP contribution in [-0.2, 0) is 35.1 Å². The monoisotopic (exact) mass is 451 g/mol. The fraction of sp³-hybridized carbons (Fsp3) is 0.565. The largest absolute Gasteiger partial charge is 0.461 e. The molecular formula is C23H33NO8. The summed E-state index contributed by atoms with van der Waals surface area (Å²) < 4.78 is 20.8. The van der Waals surface area contributed by atoms with Crippen molar-refractivity contribution in [1.29, 1.82) is 0 Å². The van der Waals surface area contributed by atoms with E-state index in [1.807, 2.05) is 0 Å². The molecule has 0 aliphatic carbocycles. The van der Waals surface area contributed by atoms with Crippen LogP contribution in [0.4, 0.5) is 0 Å². The highest BCUT2D eigenvalue weighted by Crippen LogP contribution is 2.30. The molecule has 0 spiro atoms. The third-order valence-electron chi connectivity index (χ3n) is 4.17. The predicted octanol–water partition coefficient (Wildman–Crippen LogP) is 2.71. The van der Waals surface area contributed by atoms with Gasteiger partial charge in [-0.3, -0.25) is 19.2 Å². The second-order valence-corrected chi connectivity index (χ2v) is 8.34. The van der Waals surface area contributed by atoms with Crippen LogP contribution < -0.4 is 15.2 Å². The summed E-state index contributed by atoms with van der Waals surface area (Å²) >= 11 is 0. The molecule has 1 aromatic rings. The summed E-state index contributed by atoms with van der Waals surface area (Å²) in [7, 11) is 0. The second-order valence-electron chi connectivity index (χ2n) is 8.34. The Morgan fingerprint density at radius 2 is 1.53 bits per heavy atom. The number of rotatable bonds is 10. The average molecular weight is 452 g/mol. The van der Waals surface area contributed by atoms with Crippen molar-refractivity contribution in [2.45, 2.75) is 73.0 Å². The zero-order chi connectivity index (χ0) is 24.5. The van der Waals surface area contributed by atoms with Crippen molar-refractivity contribution in [2.75, 3.05) is 6.61 Å². The summed E-state index contributed by atoms with van der Waals surface area (Å²) in [4.78, 5) is 47.5. The van der Waals surface area contributed by atoms with E-state index in [4.69, 9.17) is 24.7 Å². The van der Waals surface area contributed by atoms with Gasteiger partial charge in [-0.05, 0) is 51.8 Å². The lowest BCUT2D eigenvalue weighted by Crippen LogP contribution is -2.37. The zero-order valence-electron chi connectivity index (χ0n) is 19.6. The lowest BCUT2D eigenvalue weighted by atomic mass is 9.97. The van der Waals surface area contributed by atoms with E-state index in [1.54, 1.807) is 47.6 Å². The van der Waals surface area contributed by atoms with E-state index in [-0.39, 0.29) is 37.4 Å². The lowest BCUT2D eigenvalue weighted by molar-refractivity contribution is -0.163. The lowest BCUT2D eigenvalue weighted by Gasteiger charge is -2.20. The molecule has 0 fully saturated rings. The van der Waals surface area contributed by atoms with Gasteiger partial charge in [0.15, 0.2) is 11.5 Å². The van der Waals surface area contributed by atoms with Crippen molar-refractivity contribution in [3.8, 4) is 11.5 Å². The Balaban J connectivity index is 2.79. The van der Waals surface area contributed by atoms with Crippen LogP contribution in [-0.4, -0.2) is 42.6 Å². The molecule has 32 heavy (non-hydrogen) atoms. The maximum Gasteiger partial charge on any atom is 0.323 e. The summed E-state index contributed by atoms with van der Waals surface area (Å²) in [5, 5.41) is 0. The Morgan fingerprint density at radius 3 is 2.06 bits per heavy atom. The van der Waals surface area contributed by atoms with Crippen molar-refractivity contribution in [2.24, 2.45) is 11.1 Å². The Labute approximate surface area is 188 Å². The van der Waals surface area contributed by atoms with Crippen molar-refractivity contribution in [1.82, 2.24) is 0 Å². The molecule has 0 radical (unpaired) electrons. The quantitative estimate of drug-likeness (QED) is 0.421. The van der Waals surface area contributed by atoms with Crippen LogP contribution >= 0.6 is 0 Å². The Hall–Kier alpha value is -2.94. The highest BCUT2D eigenvalue weighted by Gasteiger charge is 2.25. The van der Waals surface area contributed by atoms with Gasteiger partial charge >= 0.3 is 23.9 Å². The molecule has 0 amide bonds. The van der Waals surface area contributed by atoms with Crippen LogP contribution in [0.15, 0.2) is 18.2 Å². The van der Waals surface area contributed by atoms with Gasteiger partial charge in [0, 0.05) is 12.8 Å². The molecule has 2 atom stereocenters. The molecule has 0 aromatic heterocycles. The van der Waals surface area contributed by atoms with Crippen molar-refractivity contribution < 1.29 is 38.1 Å². The normalized spacial score (nSPS) is 13.0. The topological polar surface area (TPSA) is 131 Å². The van der Waals surface area contributed by atoms with E-state index in [0.29, 0.717) is 5.56 Å². The number of carbonyl (C=O) groups is 4. The minimum absolute atomic E-state index is 0.0687. The van der Waals surface area contributed by atoms with Crippen LogP contribution in [0.25, 0.3) is 0 Å². The van der Waals surface area contributed by atoms with Gasteiger partial charge in [-0.15, -0.1) is 0 Å². The molecule has 0 saturated heterocycles. The van der Waals surface area contributed by atoms with Crippen LogP contribution in [0.1, 0.15) is 59.9 Å².